The van der Waals surface area contributed by atoms with Gasteiger partial charge < -0.3 is 10.5 Å². The van der Waals surface area contributed by atoms with Gasteiger partial charge in [0.2, 0.25) is 0 Å². The fourth-order valence-corrected chi connectivity index (χ4v) is 3.69. The quantitative estimate of drug-likeness (QED) is 0.832. The predicted molar refractivity (Wildman–Crippen MR) is 83.3 cm³/mol. The van der Waals surface area contributed by atoms with E-state index in [1.165, 1.54) is 4.88 Å². The van der Waals surface area contributed by atoms with Gasteiger partial charge in [-0.1, -0.05) is 22.0 Å². The number of hydrogen-bond donors (Lipinski definition) is 1. The number of thiophene rings is 1. The summed E-state index contributed by atoms with van der Waals surface area (Å²) in [5.74, 6) is 0.824. The minimum Gasteiger partial charge on any atom is -0.496 e. The van der Waals surface area contributed by atoms with Gasteiger partial charge >= 0.3 is 0 Å². The first-order valence-corrected chi connectivity index (χ1v) is 7.89. The molecule has 0 bridgehead atoms. The van der Waals surface area contributed by atoms with Crippen LogP contribution in [0.2, 0.25) is 0 Å². The Morgan fingerprint density at radius 2 is 2.11 bits per heavy atom. The summed E-state index contributed by atoms with van der Waals surface area (Å²) in [6.45, 7) is 0. The molecule has 1 heterocycles. The van der Waals surface area contributed by atoms with Crippen molar-refractivity contribution in [3.8, 4) is 5.75 Å². The van der Waals surface area contributed by atoms with Crippen LogP contribution in [-0.4, -0.2) is 7.11 Å². The van der Waals surface area contributed by atoms with E-state index >= 15 is 0 Å². The smallest absolute Gasteiger partial charge is 0.124 e. The van der Waals surface area contributed by atoms with Crippen LogP contribution in [0.1, 0.15) is 16.5 Å². The van der Waals surface area contributed by atoms with Gasteiger partial charge in [0.05, 0.1) is 7.11 Å². The summed E-state index contributed by atoms with van der Waals surface area (Å²) in [5, 5.41) is 2.06. The van der Waals surface area contributed by atoms with Crippen molar-refractivity contribution in [2.75, 3.05) is 7.11 Å². The van der Waals surface area contributed by atoms with Crippen LogP contribution < -0.4 is 10.5 Å². The average Bonchev–Trinajstić information content (AvgIpc) is 2.74. The first-order valence-electron chi connectivity index (χ1n) is 5.42. The normalized spacial score (nSPS) is 12.4. The standard InChI is InChI=1S/C13H13Br2NOS/c1-17-12-6-8(14)2-3-9(12)11(16)7-13-10(15)4-5-18-13/h2-6,11H,7,16H2,1H3. The highest BCUT2D eigenvalue weighted by Crippen LogP contribution is 2.32. The Labute approximate surface area is 127 Å². The van der Waals surface area contributed by atoms with Crippen molar-refractivity contribution in [3.05, 3.63) is 49.0 Å². The molecule has 2 N–H and O–H groups in total. The summed E-state index contributed by atoms with van der Waals surface area (Å²) in [7, 11) is 1.67. The van der Waals surface area contributed by atoms with E-state index in [4.69, 9.17) is 10.5 Å². The molecule has 1 unspecified atom stereocenters. The molecule has 0 spiro atoms. The maximum Gasteiger partial charge on any atom is 0.124 e. The molecule has 96 valence electrons. The van der Waals surface area contributed by atoms with Gasteiger partial charge in [0.15, 0.2) is 0 Å². The lowest BCUT2D eigenvalue weighted by atomic mass is 10.0. The SMILES string of the molecule is COc1cc(Br)ccc1C(N)Cc1sccc1Br. The third-order valence-corrected chi connectivity index (χ3v) is 5.13. The number of halogens is 2. The van der Waals surface area contributed by atoms with Crippen LogP contribution in [0.25, 0.3) is 0 Å². The maximum absolute atomic E-state index is 6.27. The number of hydrogen-bond acceptors (Lipinski definition) is 3. The molecule has 2 rings (SSSR count). The molecule has 2 aromatic rings. The van der Waals surface area contributed by atoms with Gasteiger partial charge in [0.25, 0.3) is 0 Å². The van der Waals surface area contributed by atoms with Crippen molar-refractivity contribution in [1.82, 2.24) is 0 Å². The van der Waals surface area contributed by atoms with Crippen LogP contribution in [0.4, 0.5) is 0 Å². The van der Waals surface area contributed by atoms with E-state index < -0.39 is 0 Å². The summed E-state index contributed by atoms with van der Waals surface area (Å²) in [5.41, 5.74) is 7.30. The van der Waals surface area contributed by atoms with Crippen molar-refractivity contribution in [3.63, 3.8) is 0 Å². The van der Waals surface area contributed by atoms with Gasteiger partial charge in [-0.05, 0) is 39.5 Å². The third kappa shape index (κ3) is 3.15. The highest BCUT2D eigenvalue weighted by Gasteiger charge is 2.15. The summed E-state index contributed by atoms with van der Waals surface area (Å²) in [6.07, 6.45) is 0.802. The van der Waals surface area contributed by atoms with Gasteiger partial charge in [-0.15, -0.1) is 11.3 Å². The molecule has 0 radical (unpaired) electrons. The number of benzene rings is 1. The molecule has 0 amide bonds. The Balaban J connectivity index is 2.23. The second-order valence-electron chi connectivity index (χ2n) is 3.89. The van der Waals surface area contributed by atoms with Crippen molar-refractivity contribution in [1.29, 1.82) is 0 Å². The van der Waals surface area contributed by atoms with Crippen molar-refractivity contribution in [2.24, 2.45) is 5.73 Å². The van der Waals surface area contributed by atoms with Gasteiger partial charge in [0.1, 0.15) is 5.75 Å². The molecule has 2 nitrogen and oxygen atoms in total. The van der Waals surface area contributed by atoms with Gasteiger partial charge in [0, 0.05) is 31.8 Å². The predicted octanol–water partition coefficient (Wildman–Crippen LogP) is 4.52. The largest absolute Gasteiger partial charge is 0.496 e. The van der Waals surface area contributed by atoms with Crippen molar-refractivity contribution in [2.45, 2.75) is 12.5 Å². The van der Waals surface area contributed by atoms with E-state index in [0.717, 1.165) is 26.7 Å². The van der Waals surface area contributed by atoms with Crippen molar-refractivity contribution < 1.29 is 4.74 Å². The van der Waals surface area contributed by atoms with E-state index in [1.54, 1.807) is 18.4 Å². The molecule has 0 aliphatic carbocycles. The lowest BCUT2D eigenvalue weighted by molar-refractivity contribution is 0.405. The first kappa shape index (κ1) is 14.1. The number of nitrogens with two attached hydrogens (primary N) is 1. The number of ether oxygens (including phenoxy) is 1. The van der Waals surface area contributed by atoms with Gasteiger partial charge in [-0.2, -0.15) is 0 Å². The Bertz CT molecular complexity index is 542. The molecule has 1 aromatic carbocycles. The van der Waals surface area contributed by atoms with Gasteiger partial charge in [-0.3, -0.25) is 0 Å². The van der Waals surface area contributed by atoms with E-state index in [1.807, 2.05) is 24.3 Å². The van der Waals surface area contributed by atoms with Crippen molar-refractivity contribution >= 4 is 43.2 Å². The lowest BCUT2D eigenvalue weighted by Crippen LogP contribution is -2.14. The molecule has 0 aliphatic rings. The zero-order valence-electron chi connectivity index (χ0n) is 9.82. The third-order valence-electron chi connectivity index (χ3n) is 2.69. The Morgan fingerprint density at radius 3 is 2.72 bits per heavy atom. The fourth-order valence-electron chi connectivity index (χ4n) is 1.77. The minimum atomic E-state index is -0.0667. The van der Waals surface area contributed by atoms with Crippen LogP contribution in [0, 0.1) is 0 Å². The molecule has 0 saturated carbocycles. The Morgan fingerprint density at radius 1 is 1.33 bits per heavy atom. The minimum absolute atomic E-state index is 0.0667. The van der Waals surface area contributed by atoms with E-state index in [9.17, 15) is 0 Å². The Kier molecular flexibility index (Phi) is 4.84. The monoisotopic (exact) mass is 389 g/mol. The second kappa shape index (κ2) is 6.19. The van der Waals surface area contributed by atoms with Crippen LogP contribution in [0.3, 0.4) is 0 Å². The molecule has 5 heteroatoms. The Hall–Kier alpha value is -0.360. The van der Waals surface area contributed by atoms with Crippen LogP contribution >= 0.6 is 43.2 Å². The second-order valence-corrected chi connectivity index (χ2v) is 6.66. The molecule has 1 atom stereocenters. The highest BCUT2D eigenvalue weighted by molar-refractivity contribution is 9.10. The molecular formula is C13H13Br2NOS. The molecule has 0 fully saturated rings. The molecular weight excluding hydrogens is 378 g/mol. The lowest BCUT2D eigenvalue weighted by Gasteiger charge is -2.15. The maximum atomic E-state index is 6.27. The van der Waals surface area contributed by atoms with E-state index in [-0.39, 0.29) is 6.04 Å². The molecule has 0 saturated heterocycles. The average molecular weight is 391 g/mol. The summed E-state index contributed by atoms with van der Waals surface area (Å²) in [6, 6.07) is 7.92. The fraction of sp³-hybridized carbons (Fsp3) is 0.231. The molecule has 1 aromatic heterocycles. The number of rotatable bonds is 4. The molecule has 0 aliphatic heterocycles. The van der Waals surface area contributed by atoms with E-state index in [2.05, 4.69) is 37.2 Å². The van der Waals surface area contributed by atoms with Gasteiger partial charge in [-0.25, -0.2) is 0 Å². The summed E-state index contributed by atoms with van der Waals surface area (Å²) >= 11 is 8.68. The van der Waals surface area contributed by atoms with Crippen LogP contribution in [0.15, 0.2) is 38.6 Å². The molecule has 18 heavy (non-hydrogen) atoms. The summed E-state index contributed by atoms with van der Waals surface area (Å²) in [4.78, 5) is 1.26. The van der Waals surface area contributed by atoms with Crippen LogP contribution in [-0.2, 0) is 6.42 Å². The highest BCUT2D eigenvalue weighted by atomic mass is 79.9. The number of methoxy groups -OCH3 is 1. The zero-order valence-corrected chi connectivity index (χ0v) is 13.8. The van der Waals surface area contributed by atoms with E-state index in [0.29, 0.717) is 0 Å². The first-order chi connectivity index (χ1) is 8.61. The topological polar surface area (TPSA) is 35.2 Å². The zero-order chi connectivity index (χ0) is 13.1. The summed E-state index contributed by atoms with van der Waals surface area (Å²) < 4.78 is 7.50. The van der Waals surface area contributed by atoms with Crippen LogP contribution in [0.5, 0.6) is 5.75 Å².